The minimum atomic E-state index is -1.25. The number of carboxylic acids is 1. The summed E-state index contributed by atoms with van der Waals surface area (Å²) >= 11 is 0. The number of ether oxygens (including phenoxy) is 1. The summed E-state index contributed by atoms with van der Waals surface area (Å²) in [5, 5.41) is 46.7. The van der Waals surface area contributed by atoms with Gasteiger partial charge in [0.25, 0.3) is 0 Å². The normalized spacial score (nSPS) is 19.4. The molecule has 9 N–H and O–H groups in total. The molecular weight excluding hydrogens is 450 g/mol. The van der Waals surface area contributed by atoms with E-state index in [-0.39, 0.29) is 36.7 Å². The van der Waals surface area contributed by atoms with Crippen molar-refractivity contribution >= 4 is 29.1 Å². The number of para-hydroxylation sites is 1. The van der Waals surface area contributed by atoms with E-state index in [4.69, 9.17) is 30.7 Å². The van der Waals surface area contributed by atoms with E-state index in [1.165, 1.54) is 12.3 Å². The van der Waals surface area contributed by atoms with Crippen molar-refractivity contribution in [1.29, 1.82) is 0 Å². The van der Waals surface area contributed by atoms with E-state index in [9.17, 15) is 14.7 Å². The largest absolute Gasteiger partial charge is 0.478 e. The molecule has 13 nitrogen and oxygen atoms in total. The maximum absolute atomic E-state index is 11.5. The minimum absolute atomic E-state index is 0.00823. The van der Waals surface area contributed by atoms with E-state index in [0.29, 0.717) is 11.3 Å². The third kappa shape index (κ3) is 7.65. The van der Waals surface area contributed by atoms with Gasteiger partial charge in [0.15, 0.2) is 0 Å². The van der Waals surface area contributed by atoms with Gasteiger partial charge in [0.2, 0.25) is 11.7 Å². The van der Waals surface area contributed by atoms with Crippen LogP contribution in [0, 0.1) is 0 Å². The fraction of sp³-hybridized carbons (Fsp3) is 0.381. The van der Waals surface area contributed by atoms with Gasteiger partial charge >= 0.3 is 5.97 Å². The number of aliphatic hydroxyl groups is 3. The molecule has 1 heterocycles. The molecule has 1 amide bonds. The van der Waals surface area contributed by atoms with Crippen LogP contribution < -0.4 is 21.8 Å². The number of carbonyl (C=O) groups is 2. The van der Waals surface area contributed by atoms with Crippen molar-refractivity contribution in [2.24, 2.45) is 10.9 Å². The number of hydrogen-bond donors (Lipinski definition) is 8. The van der Waals surface area contributed by atoms with Crippen LogP contribution in [0.5, 0.6) is 0 Å². The first kappa shape index (κ1) is 26.4. The number of amidine groups is 1. The Labute approximate surface area is 195 Å². The fourth-order valence-electron chi connectivity index (χ4n) is 3.16. The molecule has 1 aromatic rings. The van der Waals surface area contributed by atoms with Gasteiger partial charge in [0, 0.05) is 18.6 Å². The molecule has 1 aliphatic rings. The molecule has 13 heteroatoms. The van der Waals surface area contributed by atoms with Crippen LogP contribution in [0.3, 0.4) is 0 Å². The van der Waals surface area contributed by atoms with Crippen molar-refractivity contribution in [1.82, 2.24) is 10.8 Å². The molecule has 0 saturated heterocycles. The Morgan fingerprint density at radius 1 is 1.35 bits per heavy atom. The monoisotopic (exact) mass is 479 g/mol. The Morgan fingerprint density at radius 3 is 2.76 bits per heavy atom. The van der Waals surface area contributed by atoms with Crippen molar-refractivity contribution in [2.45, 2.75) is 38.0 Å². The predicted molar refractivity (Wildman–Crippen MR) is 121 cm³/mol. The number of amides is 1. The molecule has 186 valence electrons. The van der Waals surface area contributed by atoms with Crippen molar-refractivity contribution < 1.29 is 39.7 Å². The van der Waals surface area contributed by atoms with Gasteiger partial charge in [-0.05, 0) is 30.6 Å². The van der Waals surface area contributed by atoms with Crippen LogP contribution in [0.25, 0.3) is 5.70 Å². The molecule has 0 aliphatic carbocycles. The number of oxime groups is 1. The minimum Gasteiger partial charge on any atom is -0.478 e. The number of anilines is 1. The quantitative estimate of drug-likeness (QED) is 0.0851. The zero-order valence-electron chi connectivity index (χ0n) is 18.5. The van der Waals surface area contributed by atoms with Crippen molar-refractivity contribution in [3.63, 3.8) is 0 Å². The number of aliphatic carboxylic acids is 1. The summed E-state index contributed by atoms with van der Waals surface area (Å²) in [6.45, 7) is 0.624. The summed E-state index contributed by atoms with van der Waals surface area (Å²) in [6.07, 6.45) is 0.895. The molecule has 34 heavy (non-hydrogen) atoms. The molecule has 0 saturated carbocycles. The first-order valence-electron chi connectivity index (χ1n) is 10.3. The van der Waals surface area contributed by atoms with Gasteiger partial charge in [0.1, 0.15) is 18.5 Å². The van der Waals surface area contributed by atoms with Crippen LogP contribution in [0.2, 0.25) is 0 Å². The van der Waals surface area contributed by atoms with Gasteiger partial charge in [-0.25, -0.2) is 10.3 Å². The number of nitrogens with one attached hydrogen (secondary N) is 3. The lowest BCUT2D eigenvalue weighted by atomic mass is 9.97. The number of hydrogen-bond acceptors (Lipinski definition) is 10. The van der Waals surface area contributed by atoms with E-state index in [0.717, 1.165) is 0 Å². The molecular formula is C21H29N5O8. The fourth-order valence-corrected chi connectivity index (χ4v) is 3.16. The first-order valence-corrected chi connectivity index (χ1v) is 10.3. The average molecular weight is 479 g/mol. The lowest BCUT2D eigenvalue weighted by molar-refractivity contribution is -0.140. The number of nitrogens with zero attached hydrogens (tertiary/aromatic N) is 1. The maximum atomic E-state index is 11.5. The number of carbonyl (C=O) groups excluding carboxylic acids is 1. The molecule has 0 spiro atoms. The highest BCUT2D eigenvalue weighted by atomic mass is 16.8. The van der Waals surface area contributed by atoms with Gasteiger partial charge in [-0.2, -0.15) is 0 Å². The Kier molecular flexibility index (Phi) is 10.1. The Balaban J connectivity index is 1.99. The summed E-state index contributed by atoms with van der Waals surface area (Å²) in [5.74, 6) is -1.82. The van der Waals surface area contributed by atoms with Crippen molar-refractivity contribution in [3.05, 3.63) is 47.9 Å². The van der Waals surface area contributed by atoms with Crippen molar-refractivity contribution in [3.8, 4) is 0 Å². The molecule has 3 unspecified atom stereocenters. The van der Waals surface area contributed by atoms with Gasteiger partial charge in [-0.15, -0.1) is 0 Å². The smallest absolute Gasteiger partial charge is 0.370 e. The average Bonchev–Trinajstić information content (AvgIpc) is 2.82. The zero-order chi connectivity index (χ0) is 25.1. The SMILES string of the molecule is CC(=NON/C=C(\N)c1ccccc1NC(=O)CO)NC1CC=C(C(=O)O)OC1C(O)CCO. The summed E-state index contributed by atoms with van der Waals surface area (Å²) in [7, 11) is 0. The van der Waals surface area contributed by atoms with Gasteiger partial charge < -0.3 is 41.5 Å². The number of nitrogens with two attached hydrogens (primary N) is 1. The third-order valence-corrected chi connectivity index (χ3v) is 4.73. The highest BCUT2D eigenvalue weighted by Gasteiger charge is 2.35. The highest BCUT2D eigenvalue weighted by Crippen LogP contribution is 2.22. The number of rotatable bonds is 11. The lowest BCUT2D eigenvalue weighted by Gasteiger charge is -2.34. The molecule has 0 bridgehead atoms. The van der Waals surface area contributed by atoms with E-state index >= 15 is 0 Å². The molecule has 0 fully saturated rings. The van der Waals surface area contributed by atoms with Crippen LogP contribution in [0.15, 0.2) is 47.5 Å². The molecule has 3 atom stereocenters. The summed E-state index contributed by atoms with van der Waals surface area (Å²) in [5.41, 5.74) is 9.56. The lowest BCUT2D eigenvalue weighted by Crippen LogP contribution is -2.51. The topological polar surface area (TPSA) is 208 Å². The molecule has 0 radical (unpaired) electrons. The van der Waals surface area contributed by atoms with Gasteiger partial charge in [0.05, 0.1) is 29.7 Å². The molecule has 0 aromatic heterocycles. The zero-order valence-corrected chi connectivity index (χ0v) is 18.5. The van der Waals surface area contributed by atoms with Crippen LogP contribution >= 0.6 is 0 Å². The number of hydroxylamine groups is 1. The van der Waals surface area contributed by atoms with Gasteiger partial charge in [-0.3, -0.25) is 9.73 Å². The second-order valence-corrected chi connectivity index (χ2v) is 7.26. The second-order valence-electron chi connectivity index (χ2n) is 7.26. The van der Waals surface area contributed by atoms with E-state index in [1.54, 1.807) is 31.2 Å². The molecule has 1 aromatic carbocycles. The predicted octanol–water partition coefficient (Wildman–Crippen LogP) is -0.812. The van der Waals surface area contributed by atoms with Crippen LogP contribution in [-0.2, 0) is 19.3 Å². The maximum Gasteiger partial charge on any atom is 0.370 e. The molecule has 1 aliphatic heterocycles. The van der Waals surface area contributed by atoms with Gasteiger partial charge in [-0.1, -0.05) is 18.2 Å². The third-order valence-electron chi connectivity index (χ3n) is 4.73. The first-order chi connectivity index (χ1) is 16.3. The van der Waals surface area contributed by atoms with E-state index in [2.05, 4.69) is 21.3 Å². The second kappa shape index (κ2) is 13.0. The van der Waals surface area contributed by atoms with Crippen LogP contribution in [0.4, 0.5) is 5.69 Å². The standard InChI is InChI=1S/C21H29N5O8/c1-12(24-16-6-7-18(21(31)32)33-20(16)17(29)8-9-27)26-34-23-10-14(22)13-4-2-3-5-15(13)25-19(30)11-28/h2-5,7,10,16-17,20,23,27-29H,6,8-9,11,22H2,1H3,(H,24,26)(H,25,30)(H,31,32)/b14-10-. The number of aliphatic hydroxyl groups excluding tert-OH is 3. The Hall–Kier alpha value is -3.81. The Bertz CT molecular complexity index is 949. The summed E-state index contributed by atoms with van der Waals surface area (Å²) in [6, 6.07) is 6.17. The van der Waals surface area contributed by atoms with Crippen LogP contribution in [-0.4, -0.2) is 69.6 Å². The van der Waals surface area contributed by atoms with E-state index < -0.39 is 36.7 Å². The number of carboxylic acid groups (broad SMARTS) is 1. The summed E-state index contributed by atoms with van der Waals surface area (Å²) in [4.78, 5) is 27.7. The molecule has 2 rings (SSSR count). The van der Waals surface area contributed by atoms with E-state index in [1.807, 2.05) is 0 Å². The van der Waals surface area contributed by atoms with Crippen LogP contribution in [0.1, 0.15) is 25.3 Å². The Morgan fingerprint density at radius 2 is 2.09 bits per heavy atom. The van der Waals surface area contributed by atoms with Crippen molar-refractivity contribution in [2.75, 3.05) is 18.5 Å². The number of benzene rings is 1. The highest BCUT2D eigenvalue weighted by molar-refractivity contribution is 5.94. The summed E-state index contributed by atoms with van der Waals surface area (Å²) < 4.78 is 5.38.